The van der Waals surface area contributed by atoms with Gasteiger partial charge in [-0.15, -0.1) is 0 Å². The van der Waals surface area contributed by atoms with Crippen molar-refractivity contribution in [2.75, 3.05) is 40.5 Å². The molecule has 0 radical (unpaired) electrons. The minimum atomic E-state index is -1.26. The van der Waals surface area contributed by atoms with E-state index in [-0.39, 0.29) is 0 Å². The number of likely N-dealkylation sites (tertiary alicyclic amines) is 1. The van der Waals surface area contributed by atoms with Crippen LogP contribution in [0.15, 0.2) is 47.5 Å². The number of benzene rings is 2. The number of carboxylic acids is 2. The number of methoxy groups -OCH3 is 2. The first-order chi connectivity index (χ1) is 19.7. The third-order valence-corrected chi connectivity index (χ3v) is 7.17. The van der Waals surface area contributed by atoms with Crippen LogP contribution in [0.1, 0.15) is 24.8 Å². The number of nitrogens with one attached hydrogen (secondary N) is 1. The molecule has 0 amide bonds. The average Bonchev–Trinajstić information content (AvgIpc) is 2.96. The topological polar surface area (TPSA) is 130 Å². The number of hydrogen-bond donors (Lipinski definition) is 3. The van der Waals surface area contributed by atoms with Crippen molar-refractivity contribution < 1.29 is 42.8 Å². The average molecular weight is 594 g/mol. The Bertz CT molecular complexity index is 1250. The van der Waals surface area contributed by atoms with E-state index in [0.717, 1.165) is 79.0 Å². The summed E-state index contributed by atoms with van der Waals surface area (Å²) in [5, 5.41) is 20.2. The Kier molecular flexibility index (Phi) is 12.2. The van der Waals surface area contributed by atoms with E-state index < -0.39 is 23.6 Å². The van der Waals surface area contributed by atoms with Crippen LogP contribution in [0, 0.1) is 11.6 Å². The Morgan fingerprint density at radius 2 is 1.71 bits per heavy atom. The van der Waals surface area contributed by atoms with Crippen LogP contribution in [0.3, 0.4) is 0 Å². The van der Waals surface area contributed by atoms with Crippen molar-refractivity contribution >= 4 is 34.6 Å². The van der Waals surface area contributed by atoms with Gasteiger partial charge in [-0.3, -0.25) is 0 Å². The van der Waals surface area contributed by atoms with Crippen LogP contribution >= 0.6 is 11.8 Å². The van der Waals surface area contributed by atoms with Crippen LogP contribution in [0.2, 0.25) is 0 Å². The van der Waals surface area contributed by atoms with Crippen LogP contribution in [-0.4, -0.2) is 78.7 Å². The Morgan fingerprint density at radius 3 is 2.32 bits per heavy atom. The smallest absolute Gasteiger partial charge is 0.328 e. The molecule has 3 N–H and O–H groups in total. The minimum absolute atomic E-state index is 0.361. The Morgan fingerprint density at radius 1 is 1.05 bits per heavy atom. The summed E-state index contributed by atoms with van der Waals surface area (Å²) < 4.78 is 42.5. The fourth-order valence-corrected chi connectivity index (χ4v) is 5.09. The van der Waals surface area contributed by atoms with E-state index >= 15 is 0 Å². The van der Waals surface area contributed by atoms with E-state index in [1.165, 1.54) is 6.07 Å². The van der Waals surface area contributed by atoms with Crippen LogP contribution in [0.5, 0.6) is 17.2 Å². The number of amidine groups is 1. The van der Waals surface area contributed by atoms with Gasteiger partial charge < -0.3 is 34.6 Å². The van der Waals surface area contributed by atoms with Gasteiger partial charge in [0.2, 0.25) is 0 Å². The maximum atomic E-state index is 13.2. The van der Waals surface area contributed by atoms with Gasteiger partial charge in [-0.1, -0.05) is 11.8 Å². The molecule has 0 spiro atoms. The van der Waals surface area contributed by atoms with Crippen LogP contribution < -0.4 is 19.5 Å². The summed E-state index contributed by atoms with van der Waals surface area (Å²) in [6.45, 7) is 3.40. The number of rotatable bonds is 10. The first-order valence-electron chi connectivity index (χ1n) is 12.9. The molecule has 2 heterocycles. The molecule has 0 unspecified atom stereocenters. The molecule has 222 valence electrons. The van der Waals surface area contributed by atoms with Crippen LogP contribution in [0.4, 0.5) is 14.5 Å². The minimum Gasteiger partial charge on any atom is -0.493 e. The van der Waals surface area contributed by atoms with Crippen molar-refractivity contribution in [2.45, 2.75) is 31.1 Å². The van der Waals surface area contributed by atoms with E-state index in [2.05, 4.69) is 10.2 Å². The molecule has 1 fully saturated rings. The highest BCUT2D eigenvalue weighted by Gasteiger charge is 2.22. The molecule has 1 saturated heterocycles. The lowest BCUT2D eigenvalue weighted by Crippen LogP contribution is -2.44. The van der Waals surface area contributed by atoms with Crippen LogP contribution in [0.25, 0.3) is 0 Å². The second kappa shape index (κ2) is 15.8. The summed E-state index contributed by atoms with van der Waals surface area (Å²) in [6, 6.07) is 7.95. The number of fused-ring (bicyclic) bond motifs is 1. The molecule has 2 aromatic carbocycles. The van der Waals surface area contributed by atoms with Crippen molar-refractivity contribution in [1.29, 1.82) is 0 Å². The van der Waals surface area contributed by atoms with Gasteiger partial charge in [-0.2, -0.15) is 0 Å². The van der Waals surface area contributed by atoms with E-state index in [1.54, 1.807) is 26.0 Å². The van der Waals surface area contributed by atoms with Crippen molar-refractivity contribution in [1.82, 2.24) is 10.2 Å². The number of carbonyl (C=O) groups is 2. The van der Waals surface area contributed by atoms with E-state index in [0.29, 0.717) is 36.3 Å². The second-order valence-electron chi connectivity index (χ2n) is 9.09. The second-order valence-corrected chi connectivity index (χ2v) is 10.1. The highest BCUT2D eigenvalue weighted by molar-refractivity contribution is 8.13. The zero-order valence-electron chi connectivity index (χ0n) is 22.8. The van der Waals surface area contributed by atoms with Crippen molar-refractivity contribution in [2.24, 2.45) is 4.99 Å². The molecule has 2 aromatic rings. The van der Waals surface area contributed by atoms with Gasteiger partial charge in [0.15, 0.2) is 28.3 Å². The summed E-state index contributed by atoms with van der Waals surface area (Å²) in [5.74, 6) is -1.64. The highest BCUT2D eigenvalue weighted by Crippen LogP contribution is 2.39. The number of hydrogen-bond acceptors (Lipinski definition) is 9. The Balaban J connectivity index is 0.000000507. The zero-order valence-corrected chi connectivity index (χ0v) is 23.6. The molecule has 13 heteroatoms. The number of aliphatic imine (C=N–C) groups is 1. The number of piperidine rings is 1. The maximum Gasteiger partial charge on any atom is 0.328 e. The fraction of sp³-hybridized carbons (Fsp3) is 0.393. The van der Waals surface area contributed by atoms with Gasteiger partial charge in [0, 0.05) is 55.7 Å². The third-order valence-electron chi connectivity index (χ3n) is 6.23. The van der Waals surface area contributed by atoms with Gasteiger partial charge >= 0.3 is 11.9 Å². The SMILES string of the molecule is COc1cc2c(cc1OC)N=C(NC1CCN(CCCOc3ccc(F)c(F)c3)CC1)SC2.O=C(O)C=CC(=O)O. The molecule has 2 aliphatic heterocycles. The standard InChI is InChI=1S/C24H29F2N3O3S.C4H4O4/c1-30-22-12-16-15-33-24(28-21(16)14-23(22)31-2)27-17-6-9-29(10-7-17)8-3-11-32-18-4-5-19(25)20(26)13-18;5-3(6)1-2-4(7)8/h4-5,12-14,17H,3,6-11,15H2,1-2H3,(H,27,28);1-2H,(H,5,6)(H,7,8). The van der Waals surface area contributed by atoms with Gasteiger partial charge in [-0.25, -0.2) is 23.4 Å². The zero-order chi connectivity index (χ0) is 29.8. The molecule has 0 atom stereocenters. The number of ether oxygens (including phenoxy) is 3. The monoisotopic (exact) mass is 593 g/mol. The van der Waals surface area contributed by atoms with Gasteiger partial charge in [0.05, 0.1) is 26.5 Å². The fourth-order valence-electron chi connectivity index (χ4n) is 4.15. The Labute approximate surface area is 241 Å². The van der Waals surface area contributed by atoms with Crippen LogP contribution in [-0.2, 0) is 15.3 Å². The summed E-state index contributed by atoms with van der Waals surface area (Å²) in [5.41, 5.74) is 2.07. The number of aliphatic carboxylic acids is 2. The molecule has 4 rings (SSSR count). The molecule has 0 aliphatic carbocycles. The molecule has 10 nitrogen and oxygen atoms in total. The largest absolute Gasteiger partial charge is 0.493 e. The number of halogens is 2. The summed E-state index contributed by atoms with van der Waals surface area (Å²) in [6.07, 6.45) is 4.04. The number of thioether (sulfide) groups is 1. The Hall–Kier alpha value is -3.84. The summed E-state index contributed by atoms with van der Waals surface area (Å²) in [7, 11) is 3.27. The predicted octanol–water partition coefficient (Wildman–Crippen LogP) is 4.45. The van der Waals surface area contributed by atoms with Crippen molar-refractivity contribution in [3.8, 4) is 17.2 Å². The first kappa shape index (κ1) is 31.7. The summed E-state index contributed by atoms with van der Waals surface area (Å²) >= 11 is 1.71. The van der Waals surface area contributed by atoms with Gasteiger partial charge in [-0.05, 0) is 43.0 Å². The molecule has 2 aliphatic rings. The highest BCUT2D eigenvalue weighted by atomic mass is 32.2. The molecular formula is C28H33F2N3O7S. The van der Waals surface area contributed by atoms with E-state index in [9.17, 15) is 18.4 Å². The van der Waals surface area contributed by atoms with E-state index in [4.69, 9.17) is 29.4 Å². The van der Waals surface area contributed by atoms with Gasteiger partial charge in [0.1, 0.15) is 5.75 Å². The number of nitrogens with zero attached hydrogens (tertiary/aromatic N) is 2. The first-order valence-corrected chi connectivity index (χ1v) is 13.8. The van der Waals surface area contributed by atoms with Crippen molar-refractivity contribution in [3.05, 3.63) is 59.7 Å². The molecular weight excluding hydrogens is 560 g/mol. The predicted molar refractivity (Wildman–Crippen MR) is 151 cm³/mol. The third kappa shape index (κ3) is 10.3. The van der Waals surface area contributed by atoms with Crippen molar-refractivity contribution in [3.63, 3.8) is 0 Å². The lowest BCUT2D eigenvalue weighted by atomic mass is 10.1. The quantitative estimate of drug-likeness (QED) is 0.268. The molecule has 0 saturated carbocycles. The molecule has 0 aromatic heterocycles. The summed E-state index contributed by atoms with van der Waals surface area (Å²) in [4.78, 5) is 26.3. The lowest BCUT2D eigenvalue weighted by Gasteiger charge is -2.33. The molecule has 0 bridgehead atoms. The molecule has 41 heavy (non-hydrogen) atoms. The number of carboxylic acid groups (broad SMARTS) is 2. The van der Waals surface area contributed by atoms with E-state index in [1.807, 2.05) is 12.1 Å². The normalized spacial score (nSPS) is 15.3. The maximum absolute atomic E-state index is 13.2. The lowest BCUT2D eigenvalue weighted by molar-refractivity contribution is -0.134. The van der Waals surface area contributed by atoms with Gasteiger partial charge in [0.25, 0.3) is 0 Å².